The van der Waals surface area contributed by atoms with E-state index in [-0.39, 0.29) is 23.3 Å². The quantitative estimate of drug-likeness (QED) is 0.612. The second-order valence-electron chi connectivity index (χ2n) is 7.82. The summed E-state index contributed by atoms with van der Waals surface area (Å²) in [5.74, 6) is 0.673. The van der Waals surface area contributed by atoms with Gasteiger partial charge in [-0.3, -0.25) is 19.3 Å². The van der Waals surface area contributed by atoms with Crippen molar-refractivity contribution in [2.75, 3.05) is 19.6 Å². The lowest BCUT2D eigenvalue weighted by Gasteiger charge is -2.24. The number of nitrogens with zero attached hydrogens (tertiary/aromatic N) is 3. The van der Waals surface area contributed by atoms with Crippen LogP contribution in [0, 0.1) is 6.92 Å². The van der Waals surface area contributed by atoms with Gasteiger partial charge in [0.25, 0.3) is 11.1 Å². The van der Waals surface area contributed by atoms with Crippen molar-refractivity contribution in [2.45, 2.75) is 32.8 Å². The molecule has 2 aliphatic heterocycles. The van der Waals surface area contributed by atoms with E-state index in [0.717, 1.165) is 42.6 Å². The van der Waals surface area contributed by atoms with Crippen molar-refractivity contribution in [2.24, 2.45) is 0 Å². The first-order valence-electron chi connectivity index (χ1n) is 10.6. The summed E-state index contributed by atoms with van der Waals surface area (Å²) in [5.41, 5.74) is 1.38. The summed E-state index contributed by atoms with van der Waals surface area (Å²) >= 11 is 0.813. The van der Waals surface area contributed by atoms with Gasteiger partial charge in [0.15, 0.2) is 0 Å². The molecule has 2 aliphatic rings. The van der Waals surface area contributed by atoms with Crippen molar-refractivity contribution >= 4 is 34.8 Å². The van der Waals surface area contributed by atoms with E-state index in [1.54, 1.807) is 30.3 Å². The van der Waals surface area contributed by atoms with Gasteiger partial charge >= 0.3 is 0 Å². The number of ketones is 1. The maximum atomic E-state index is 12.5. The lowest BCUT2D eigenvalue weighted by Crippen LogP contribution is -2.34. The fraction of sp³-hybridized carbons (Fsp3) is 0.348. The highest BCUT2D eigenvalue weighted by Gasteiger charge is 2.35. The number of hydrogen-bond acceptors (Lipinski definition) is 9. The molecule has 1 aromatic carbocycles. The molecule has 3 heterocycles. The first-order valence-corrected chi connectivity index (χ1v) is 11.4. The maximum absolute atomic E-state index is 12.5. The number of benzene rings is 1. The standard InChI is InChI=1S/C23H24N4O5S/c1-14(28)12-27-22(29)19(33-23(27)30)11-16-4-3-5-18(10-16)32-21-15(2)20(25-13-26-21)31-17-6-8-24-9-7-17/h3-5,10-11,13,17,24H,6-9,12H2,1-2H3. The van der Waals surface area contributed by atoms with Crippen molar-refractivity contribution in [1.29, 1.82) is 0 Å². The van der Waals surface area contributed by atoms with Crippen LogP contribution in [0.1, 0.15) is 30.9 Å². The molecule has 1 aromatic heterocycles. The van der Waals surface area contributed by atoms with Gasteiger partial charge in [-0.25, -0.2) is 9.97 Å². The lowest BCUT2D eigenvalue weighted by atomic mass is 10.1. The van der Waals surface area contributed by atoms with Crippen LogP contribution < -0.4 is 14.8 Å². The zero-order valence-corrected chi connectivity index (χ0v) is 19.2. The van der Waals surface area contributed by atoms with Crippen LogP contribution in [0.2, 0.25) is 0 Å². The molecule has 4 rings (SSSR count). The molecular weight excluding hydrogens is 444 g/mol. The van der Waals surface area contributed by atoms with Crippen LogP contribution in [0.5, 0.6) is 17.5 Å². The van der Waals surface area contributed by atoms with E-state index in [4.69, 9.17) is 9.47 Å². The molecule has 33 heavy (non-hydrogen) atoms. The summed E-state index contributed by atoms with van der Waals surface area (Å²) in [6.07, 6.45) is 4.96. The number of hydrogen-bond donors (Lipinski definition) is 1. The summed E-state index contributed by atoms with van der Waals surface area (Å²) in [7, 11) is 0. The third-order valence-electron chi connectivity index (χ3n) is 5.18. The third-order valence-corrected chi connectivity index (χ3v) is 6.09. The molecule has 1 N–H and O–H groups in total. The second kappa shape index (κ2) is 10.1. The molecule has 0 spiro atoms. The molecule has 0 bridgehead atoms. The van der Waals surface area contributed by atoms with Gasteiger partial charge in [-0.05, 0) is 75.3 Å². The molecule has 2 fully saturated rings. The van der Waals surface area contributed by atoms with Gasteiger partial charge in [-0.1, -0.05) is 12.1 Å². The number of Topliss-reactive ketones (excluding diaryl/α,β-unsaturated/α-hetero) is 1. The summed E-state index contributed by atoms with van der Waals surface area (Å²) in [6.45, 7) is 4.80. The molecule has 2 saturated heterocycles. The highest BCUT2D eigenvalue weighted by Crippen LogP contribution is 2.33. The molecule has 172 valence electrons. The van der Waals surface area contributed by atoms with Crippen LogP contribution in [0.15, 0.2) is 35.5 Å². The van der Waals surface area contributed by atoms with Crippen molar-refractivity contribution in [3.63, 3.8) is 0 Å². The Hall–Kier alpha value is -3.24. The topological polar surface area (TPSA) is 111 Å². The fourth-order valence-electron chi connectivity index (χ4n) is 3.50. The molecule has 0 radical (unpaired) electrons. The van der Waals surface area contributed by atoms with Crippen LogP contribution >= 0.6 is 11.8 Å². The summed E-state index contributed by atoms with van der Waals surface area (Å²) < 4.78 is 12.0. The van der Waals surface area contributed by atoms with E-state index in [1.807, 2.05) is 6.92 Å². The van der Waals surface area contributed by atoms with Crippen molar-refractivity contribution in [3.8, 4) is 17.5 Å². The fourth-order valence-corrected chi connectivity index (χ4v) is 4.34. The van der Waals surface area contributed by atoms with E-state index in [9.17, 15) is 14.4 Å². The monoisotopic (exact) mass is 468 g/mol. The number of imide groups is 1. The van der Waals surface area contributed by atoms with Gasteiger partial charge in [0, 0.05) is 0 Å². The number of amides is 2. The van der Waals surface area contributed by atoms with E-state index in [1.165, 1.54) is 13.3 Å². The first kappa shape index (κ1) is 22.9. The van der Waals surface area contributed by atoms with E-state index >= 15 is 0 Å². The average molecular weight is 469 g/mol. The Morgan fingerprint density at radius 2 is 2.00 bits per heavy atom. The number of aromatic nitrogens is 2. The summed E-state index contributed by atoms with van der Waals surface area (Å²) in [5, 5.41) is 2.85. The Labute approximate surface area is 195 Å². The first-order chi connectivity index (χ1) is 15.9. The molecular formula is C23H24N4O5S. The van der Waals surface area contributed by atoms with Crippen LogP contribution in [0.25, 0.3) is 6.08 Å². The predicted octanol–water partition coefficient (Wildman–Crippen LogP) is 3.33. The molecule has 0 aliphatic carbocycles. The largest absolute Gasteiger partial charge is 0.474 e. The predicted molar refractivity (Wildman–Crippen MR) is 123 cm³/mol. The SMILES string of the molecule is CC(=O)CN1C(=O)SC(=Cc2cccc(Oc3ncnc(OC4CCNCC4)c3C)c2)C1=O. The Morgan fingerprint density at radius 1 is 1.24 bits per heavy atom. The lowest BCUT2D eigenvalue weighted by molar-refractivity contribution is -0.127. The maximum Gasteiger partial charge on any atom is 0.293 e. The van der Waals surface area contributed by atoms with Gasteiger partial charge < -0.3 is 14.8 Å². The minimum absolute atomic E-state index is 0.106. The Balaban J connectivity index is 1.49. The van der Waals surface area contributed by atoms with Crippen molar-refractivity contribution in [1.82, 2.24) is 20.2 Å². The Kier molecular flexibility index (Phi) is 7.05. The highest BCUT2D eigenvalue weighted by molar-refractivity contribution is 8.18. The number of rotatable bonds is 7. The van der Waals surface area contributed by atoms with Gasteiger partial charge in [0.1, 0.15) is 24.0 Å². The highest BCUT2D eigenvalue weighted by atomic mass is 32.2. The minimum atomic E-state index is -0.474. The van der Waals surface area contributed by atoms with Gasteiger partial charge in [-0.2, -0.15) is 0 Å². The van der Waals surface area contributed by atoms with Crippen LogP contribution in [0.4, 0.5) is 4.79 Å². The van der Waals surface area contributed by atoms with E-state index in [2.05, 4.69) is 15.3 Å². The second-order valence-corrected chi connectivity index (χ2v) is 8.81. The van der Waals surface area contributed by atoms with Gasteiger partial charge in [0.2, 0.25) is 11.8 Å². The van der Waals surface area contributed by atoms with Gasteiger partial charge in [-0.15, -0.1) is 0 Å². The molecule has 0 atom stereocenters. The van der Waals surface area contributed by atoms with Crippen LogP contribution in [0.3, 0.4) is 0 Å². The average Bonchev–Trinajstić information content (AvgIpc) is 3.04. The molecule has 2 amide bonds. The smallest absolute Gasteiger partial charge is 0.293 e. The zero-order valence-electron chi connectivity index (χ0n) is 18.4. The summed E-state index contributed by atoms with van der Waals surface area (Å²) in [4.78, 5) is 45.6. The molecule has 0 unspecified atom stereocenters. The molecule has 10 heteroatoms. The number of piperidine rings is 1. The number of carbonyl (C=O) groups is 3. The van der Waals surface area contributed by atoms with Crippen LogP contribution in [-0.4, -0.2) is 57.5 Å². The summed E-state index contributed by atoms with van der Waals surface area (Å²) in [6, 6.07) is 7.09. The van der Waals surface area contributed by atoms with Gasteiger partial charge in [0.05, 0.1) is 17.0 Å². The Morgan fingerprint density at radius 3 is 2.76 bits per heavy atom. The van der Waals surface area contributed by atoms with Crippen LogP contribution in [-0.2, 0) is 9.59 Å². The minimum Gasteiger partial charge on any atom is -0.474 e. The van der Waals surface area contributed by atoms with E-state index in [0.29, 0.717) is 28.6 Å². The molecule has 0 saturated carbocycles. The Bertz CT molecular complexity index is 1110. The van der Waals surface area contributed by atoms with E-state index < -0.39 is 11.1 Å². The number of nitrogens with one attached hydrogen (secondary N) is 1. The molecule has 9 nitrogen and oxygen atoms in total. The zero-order chi connectivity index (χ0) is 23.4. The van der Waals surface area contributed by atoms with Crippen molar-refractivity contribution in [3.05, 3.63) is 46.6 Å². The third kappa shape index (κ3) is 5.58. The number of ether oxygens (including phenoxy) is 2. The molecule has 2 aromatic rings. The number of carbonyl (C=O) groups excluding carboxylic acids is 3. The number of thioether (sulfide) groups is 1. The normalized spacial score (nSPS) is 18.1. The van der Waals surface area contributed by atoms with Crippen molar-refractivity contribution < 1.29 is 23.9 Å².